The van der Waals surface area contributed by atoms with Gasteiger partial charge in [0.15, 0.2) is 0 Å². The molecule has 23 heavy (non-hydrogen) atoms. The molecule has 0 atom stereocenters. The second-order valence-corrected chi connectivity index (χ2v) is 6.51. The maximum atomic E-state index is 13.6. The zero-order chi connectivity index (χ0) is 16.4. The molecule has 1 amide bonds. The van der Waals surface area contributed by atoms with Gasteiger partial charge in [0.1, 0.15) is 11.5 Å². The number of benzene rings is 1. The highest BCUT2D eigenvalue weighted by molar-refractivity contribution is 7.09. The number of rotatable bonds is 5. The third kappa shape index (κ3) is 3.56. The second kappa shape index (κ2) is 6.45. The van der Waals surface area contributed by atoms with Gasteiger partial charge in [-0.3, -0.25) is 9.59 Å². The zero-order valence-corrected chi connectivity index (χ0v) is 13.0. The Morgan fingerprint density at radius 2 is 2.09 bits per heavy atom. The van der Waals surface area contributed by atoms with Gasteiger partial charge in [-0.05, 0) is 24.5 Å². The van der Waals surface area contributed by atoms with Gasteiger partial charge in [-0.2, -0.15) is 0 Å². The molecule has 0 spiro atoms. The van der Waals surface area contributed by atoms with Crippen molar-refractivity contribution in [3.63, 3.8) is 0 Å². The van der Waals surface area contributed by atoms with E-state index >= 15 is 0 Å². The summed E-state index contributed by atoms with van der Waals surface area (Å²) < 4.78 is 13.6. The maximum absolute atomic E-state index is 13.6. The number of thiazole rings is 1. The number of halogens is 1. The van der Waals surface area contributed by atoms with Gasteiger partial charge in [0.2, 0.25) is 0 Å². The van der Waals surface area contributed by atoms with Gasteiger partial charge in [0.05, 0.1) is 10.9 Å². The van der Waals surface area contributed by atoms with Gasteiger partial charge in [-0.1, -0.05) is 18.2 Å². The minimum absolute atomic E-state index is 0.111. The molecule has 0 radical (unpaired) electrons. The largest absolute Gasteiger partial charge is 0.481 e. The summed E-state index contributed by atoms with van der Waals surface area (Å²) in [6.07, 6.45) is 1.25. The van der Waals surface area contributed by atoms with E-state index in [0.29, 0.717) is 35.5 Å². The van der Waals surface area contributed by atoms with Crippen LogP contribution in [0.2, 0.25) is 0 Å². The first-order valence-electron chi connectivity index (χ1n) is 7.24. The average Bonchev–Trinajstić information content (AvgIpc) is 2.93. The minimum Gasteiger partial charge on any atom is -0.481 e. The monoisotopic (exact) mass is 334 g/mol. The molecule has 5 nitrogen and oxygen atoms in total. The van der Waals surface area contributed by atoms with Gasteiger partial charge in [0.25, 0.3) is 5.91 Å². The van der Waals surface area contributed by atoms with E-state index in [1.807, 2.05) is 0 Å². The smallest absolute Gasteiger partial charge is 0.306 e. The van der Waals surface area contributed by atoms with Crippen LogP contribution in [-0.4, -0.2) is 28.0 Å². The summed E-state index contributed by atoms with van der Waals surface area (Å²) in [5.41, 5.74) is 0.831. The van der Waals surface area contributed by atoms with Crippen molar-refractivity contribution in [2.24, 2.45) is 5.92 Å². The predicted molar refractivity (Wildman–Crippen MR) is 82.9 cm³/mol. The Labute approximate surface area is 136 Å². The fourth-order valence-electron chi connectivity index (χ4n) is 2.50. The molecule has 0 saturated heterocycles. The number of carboxylic acid groups (broad SMARTS) is 1. The summed E-state index contributed by atoms with van der Waals surface area (Å²) in [5, 5.41) is 13.9. The lowest BCUT2D eigenvalue weighted by molar-refractivity contribution is -0.145. The standard InChI is InChI=1S/C16H15FN2O3S/c17-12-4-2-1-3-9(12)7-14-19-13(8-23-14)15(20)18-11-5-10(6-11)16(21)22/h1-4,8,10-11H,5-7H2,(H,18,20)(H,21,22). The maximum Gasteiger partial charge on any atom is 0.306 e. The van der Waals surface area contributed by atoms with E-state index in [-0.39, 0.29) is 23.7 Å². The highest BCUT2D eigenvalue weighted by Crippen LogP contribution is 2.27. The lowest BCUT2D eigenvalue weighted by atomic mass is 9.80. The fraction of sp³-hybridized carbons (Fsp3) is 0.312. The molecule has 1 aliphatic rings. The van der Waals surface area contributed by atoms with Crippen LogP contribution in [0.5, 0.6) is 0 Å². The van der Waals surface area contributed by atoms with Crippen molar-refractivity contribution in [3.05, 3.63) is 51.7 Å². The number of carbonyl (C=O) groups excluding carboxylic acids is 1. The first-order valence-corrected chi connectivity index (χ1v) is 8.12. The molecule has 0 unspecified atom stereocenters. The molecule has 3 rings (SSSR count). The Bertz CT molecular complexity index is 740. The molecular formula is C16H15FN2O3S. The second-order valence-electron chi connectivity index (χ2n) is 5.57. The lowest BCUT2D eigenvalue weighted by Gasteiger charge is -2.32. The number of aromatic nitrogens is 1. The molecule has 0 aliphatic heterocycles. The molecular weight excluding hydrogens is 319 g/mol. The highest BCUT2D eigenvalue weighted by atomic mass is 32.1. The number of nitrogens with zero attached hydrogens (tertiary/aromatic N) is 1. The van der Waals surface area contributed by atoms with Crippen molar-refractivity contribution in [2.75, 3.05) is 0 Å². The van der Waals surface area contributed by atoms with Gasteiger partial charge in [0, 0.05) is 17.8 Å². The number of amides is 1. The fourth-order valence-corrected chi connectivity index (χ4v) is 3.30. The van der Waals surface area contributed by atoms with E-state index in [4.69, 9.17) is 5.11 Å². The molecule has 1 aromatic heterocycles. The zero-order valence-electron chi connectivity index (χ0n) is 12.2. The summed E-state index contributed by atoms with van der Waals surface area (Å²) in [6, 6.07) is 6.36. The number of carboxylic acids is 1. The van der Waals surface area contributed by atoms with Gasteiger partial charge >= 0.3 is 5.97 Å². The molecule has 120 valence electrons. The first kappa shape index (κ1) is 15.6. The van der Waals surface area contributed by atoms with E-state index < -0.39 is 5.97 Å². The van der Waals surface area contributed by atoms with Crippen LogP contribution in [0, 0.1) is 11.7 Å². The Hall–Kier alpha value is -2.28. The summed E-state index contributed by atoms with van der Waals surface area (Å²) in [7, 11) is 0. The van der Waals surface area contributed by atoms with Crippen LogP contribution in [0.1, 0.15) is 33.9 Å². The SMILES string of the molecule is O=C(NC1CC(C(=O)O)C1)c1csc(Cc2ccccc2F)n1. The van der Waals surface area contributed by atoms with Crippen LogP contribution in [-0.2, 0) is 11.2 Å². The summed E-state index contributed by atoms with van der Waals surface area (Å²) in [5.74, 6) is -1.79. The minimum atomic E-state index is -0.823. The summed E-state index contributed by atoms with van der Waals surface area (Å²) in [4.78, 5) is 27.0. The Morgan fingerprint density at radius 3 is 2.78 bits per heavy atom. The summed E-state index contributed by atoms with van der Waals surface area (Å²) >= 11 is 1.31. The van der Waals surface area contributed by atoms with Crippen molar-refractivity contribution in [3.8, 4) is 0 Å². The third-order valence-corrected chi connectivity index (χ3v) is 4.76. The first-order chi connectivity index (χ1) is 11.0. The molecule has 7 heteroatoms. The number of aliphatic carboxylic acids is 1. The van der Waals surface area contributed by atoms with E-state index in [0.717, 1.165) is 0 Å². The Balaban J connectivity index is 1.58. The van der Waals surface area contributed by atoms with Crippen LogP contribution < -0.4 is 5.32 Å². The van der Waals surface area contributed by atoms with Crippen molar-refractivity contribution in [1.82, 2.24) is 10.3 Å². The Morgan fingerprint density at radius 1 is 1.35 bits per heavy atom. The van der Waals surface area contributed by atoms with Gasteiger partial charge in [-0.15, -0.1) is 11.3 Å². The topological polar surface area (TPSA) is 79.3 Å². The van der Waals surface area contributed by atoms with Crippen LogP contribution in [0.15, 0.2) is 29.6 Å². The van der Waals surface area contributed by atoms with Crippen molar-refractivity contribution < 1.29 is 19.1 Å². The molecule has 1 aromatic carbocycles. The van der Waals surface area contributed by atoms with Crippen LogP contribution >= 0.6 is 11.3 Å². The van der Waals surface area contributed by atoms with E-state index in [9.17, 15) is 14.0 Å². The van der Waals surface area contributed by atoms with Crippen molar-refractivity contribution in [1.29, 1.82) is 0 Å². The molecule has 1 saturated carbocycles. The van der Waals surface area contributed by atoms with Crippen LogP contribution in [0.3, 0.4) is 0 Å². The van der Waals surface area contributed by atoms with Gasteiger partial charge in [-0.25, -0.2) is 9.37 Å². The molecule has 1 aliphatic carbocycles. The molecule has 1 heterocycles. The number of carbonyl (C=O) groups is 2. The van der Waals surface area contributed by atoms with Crippen molar-refractivity contribution in [2.45, 2.75) is 25.3 Å². The molecule has 2 aromatic rings. The Kier molecular flexibility index (Phi) is 4.38. The van der Waals surface area contributed by atoms with Crippen LogP contribution in [0.4, 0.5) is 4.39 Å². The predicted octanol–water partition coefficient (Wildman–Crippen LogP) is 2.47. The number of hydrogen-bond acceptors (Lipinski definition) is 4. The van der Waals surface area contributed by atoms with Crippen molar-refractivity contribution >= 4 is 23.2 Å². The number of nitrogens with one attached hydrogen (secondary N) is 1. The lowest BCUT2D eigenvalue weighted by Crippen LogP contribution is -2.46. The van der Waals surface area contributed by atoms with Gasteiger partial charge < -0.3 is 10.4 Å². The molecule has 0 bridgehead atoms. The highest BCUT2D eigenvalue weighted by Gasteiger charge is 2.35. The molecule has 2 N–H and O–H groups in total. The van der Waals surface area contributed by atoms with E-state index in [1.54, 1.807) is 23.6 Å². The summed E-state index contributed by atoms with van der Waals surface area (Å²) in [6.45, 7) is 0. The van der Waals surface area contributed by atoms with E-state index in [2.05, 4.69) is 10.3 Å². The third-order valence-electron chi connectivity index (χ3n) is 3.91. The van der Waals surface area contributed by atoms with Crippen LogP contribution in [0.25, 0.3) is 0 Å². The quantitative estimate of drug-likeness (QED) is 0.880. The normalized spacial score (nSPS) is 19.9. The average molecular weight is 334 g/mol. The van der Waals surface area contributed by atoms with E-state index in [1.165, 1.54) is 17.4 Å². The number of hydrogen-bond donors (Lipinski definition) is 2. The molecule has 1 fully saturated rings.